The molecule has 3 rings (SSSR count). The first kappa shape index (κ1) is 18.6. The Balaban J connectivity index is 1.61. The van der Waals surface area contributed by atoms with Crippen LogP contribution in [0, 0.1) is 13.8 Å². The van der Waals surface area contributed by atoms with E-state index < -0.39 is 0 Å². The number of hydrogen-bond acceptors (Lipinski definition) is 6. The first-order valence-electron chi connectivity index (χ1n) is 9.13. The Morgan fingerprint density at radius 1 is 1.08 bits per heavy atom. The number of fused-ring (bicyclic) bond motifs is 1. The van der Waals surface area contributed by atoms with Crippen LogP contribution in [0.2, 0.25) is 0 Å². The van der Waals surface area contributed by atoms with Gasteiger partial charge >= 0.3 is 0 Å². The number of hydrogen-bond donors (Lipinski definition) is 1. The predicted octanol–water partition coefficient (Wildman–Crippen LogP) is 3.95. The topological polar surface area (TPSA) is 82.5 Å². The van der Waals surface area contributed by atoms with Crippen LogP contribution in [0.15, 0.2) is 23.6 Å². The highest BCUT2D eigenvalue weighted by Gasteiger charge is 2.16. The van der Waals surface area contributed by atoms with Crippen LogP contribution >= 0.6 is 11.8 Å². The zero-order chi connectivity index (χ0) is 18.5. The van der Waals surface area contributed by atoms with Crippen molar-refractivity contribution in [3.63, 3.8) is 0 Å². The van der Waals surface area contributed by atoms with Crippen LogP contribution in [-0.2, 0) is 13.0 Å². The molecule has 0 spiro atoms. The van der Waals surface area contributed by atoms with Gasteiger partial charge < -0.3 is 10.3 Å². The molecular formula is C19H26N6S. The van der Waals surface area contributed by atoms with Crippen molar-refractivity contribution in [3.05, 3.63) is 35.5 Å². The van der Waals surface area contributed by atoms with Gasteiger partial charge in [0.05, 0.1) is 5.52 Å². The number of unbranched alkanes of at least 4 members (excludes halogenated alkanes) is 2. The summed E-state index contributed by atoms with van der Waals surface area (Å²) in [4.78, 5) is 17.7. The van der Waals surface area contributed by atoms with Gasteiger partial charge in [0.15, 0.2) is 11.0 Å². The van der Waals surface area contributed by atoms with Gasteiger partial charge in [0.1, 0.15) is 11.3 Å². The fraction of sp³-hybridized carbons (Fsp3) is 0.474. The van der Waals surface area contributed by atoms with Crippen LogP contribution in [0.4, 0.5) is 5.82 Å². The molecule has 0 aromatic carbocycles. The fourth-order valence-electron chi connectivity index (χ4n) is 3.13. The second-order valence-electron chi connectivity index (χ2n) is 6.38. The van der Waals surface area contributed by atoms with Gasteiger partial charge in [-0.3, -0.25) is 0 Å². The van der Waals surface area contributed by atoms with Gasteiger partial charge in [-0.1, -0.05) is 25.1 Å². The SMILES string of the molecule is CCc1nc2c(N)nc(C)c(C)c2n1CCCCCSc1ncccn1. The Morgan fingerprint density at radius 2 is 1.85 bits per heavy atom. The maximum absolute atomic E-state index is 6.11. The number of aromatic nitrogens is 5. The average molecular weight is 371 g/mol. The van der Waals surface area contributed by atoms with E-state index >= 15 is 0 Å². The number of pyridine rings is 1. The van der Waals surface area contributed by atoms with E-state index in [1.54, 1.807) is 24.2 Å². The Kier molecular flexibility index (Phi) is 6.08. The lowest BCUT2D eigenvalue weighted by Crippen LogP contribution is -2.05. The van der Waals surface area contributed by atoms with Gasteiger partial charge in [-0.25, -0.2) is 19.9 Å². The molecule has 26 heavy (non-hydrogen) atoms. The fourth-order valence-corrected chi connectivity index (χ4v) is 3.93. The number of anilines is 1. The van der Waals surface area contributed by atoms with E-state index in [9.17, 15) is 0 Å². The molecule has 0 saturated heterocycles. The van der Waals surface area contributed by atoms with E-state index in [1.807, 2.05) is 13.0 Å². The van der Waals surface area contributed by atoms with Crippen molar-refractivity contribution >= 4 is 28.6 Å². The lowest BCUT2D eigenvalue weighted by Gasteiger charge is -2.11. The van der Waals surface area contributed by atoms with Crippen molar-refractivity contribution in [3.8, 4) is 0 Å². The van der Waals surface area contributed by atoms with Crippen molar-refractivity contribution in [2.24, 2.45) is 0 Å². The number of rotatable bonds is 8. The summed E-state index contributed by atoms with van der Waals surface area (Å²) in [5.41, 5.74) is 10.3. The third-order valence-electron chi connectivity index (χ3n) is 4.59. The summed E-state index contributed by atoms with van der Waals surface area (Å²) in [6.45, 7) is 7.23. The van der Waals surface area contributed by atoms with Crippen LogP contribution < -0.4 is 5.73 Å². The largest absolute Gasteiger partial charge is 0.382 e. The molecule has 0 radical (unpaired) electrons. The highest BCUT2D eigenvalue weighted by atomic mass is 32.2. The number of nitrogen functional groups attached to an aromatic ring is 1. The molecule has 0 amide bonds. The number of imidazole rings is 1. The van der Waals surface area contributed by atoms with Crippen molar-refractivity contribution in [2.45, 2.75) is 58.2 Å². The zero-order valence-electron chi connectivity index (χ0n) is 15.7. The van der Waals surface area contributed by atoms with Crippen LogP contribution in [0.25, 0.3) is 11.0 Å². The van der Waals surface area contributed by atoms with Gasteiger partial charge in [0.2, 0.25) is 0 Å². The molecule has 3 aromatic rings. The number of thioether (sulfide) groups is 1. The van der Waals surface area contributed by atoms with E-state index in [0.29, 0.717) is 5.82 Å². The van der Waals surface area contributed by atoms with E-state index in [4.69, 9.17) is 10.7 Å². The van der Waals surface area contributed by atoms with E-state index in [1.165, 1.54) is 12.0 Å². The molecule has 3 aromatic heterocycles. The Labute approximate surface area is 158 Å². The first-order valence-corrected chi connectivity index (χ1v) is 10.1. The molecule has 0 saturated carbocycles. The summed E-state index contributed by atoms with van der Waals surface area (Å²) >= 11 is 1.72. The van der Waals surface area contributed by atoms with Crippen molar-refractivity contribution < 1.29 is 0 Å². The molecule has 0 unspecified atom stereocenters. The lowest BCUT2D eigenvalue weighted by molar-refractivity contribution is 0.595. The van der Waals surface area contributed by atoms with Crippen LogP contribution in [-0.4, -0.2) is 30.3 Å². The number of nitrogens with zero attached hydrogens (tertiary/aromatic N) is 5. The summed E-state index contributed by atoms with van der Waals surface area (Å²) in [5.74, 6) is 2.68. The molecule has 2 N–H and O–H groups in total. The van der Waals surface area contributed by atoms with Crippen molar-refractivity contribution in [2.75, 3.05) is 11.5 Å². The van der Waals surface area contributed by atoms with Gasteiger partial charge in [0.25, 0.3) is 0 Å². The van der Waals surface area contributed by atoms with Crippen LogP contribution in [0.5, 0.6) is 0 Å². The quantitative estimate of drug-likeness (QED) is 0.367. The molecule has 0 aliphatic rings. The molecule has 7 heteroatoms. The third kappa shape index (κ3) is 3.98. The molecule has 0 fully saturated rings. The van der Waals surface area contributed by atoms with Gasteiger partial charge in [-0.05, 0) is 38.3 Å². The Hall–Kier alpha value is -2.15. The smallest absolute Gasteiger partial charge is 0.187 e. The predicted molar refractivity (Wildman–Crippen MR) is 107 cm³/mol. The lowest BCUT2D eigenvalue weighted by atomic mass is 10.2. The Bertz CT molecular complexity index is 875. The highest BCUT2D eigenvalue weighted by Crippen LogP contribution is 2.26. The van der Waals surface area contributed by atoms with Crippen LogP contribution in [0.3, 0.4) is 0 Å². The molecule has 0 aliphatic carbocycles. The summed E-state index contributed by atoms with van der Waals surface area (Å²) in [6.07, 6.45) is 7.91. The second-order valence-corrected chi connectivity index (χ2v) is 7.44. The van der Waals surface area contributed by atoms with Crippen molar-refractivity contribution in [1.29, 1.82) is 0 Å². The van der Waals surface area contributed by atoms with Gasteiger partial charge in [-0.15, -0.1) is 0 Å². The summed E-state index contributed by atoms with van der Waals surface area (Å²) in [6, 6.07) is 1.84. The zero-order valence-corrected chi connectivity index (χ0v) is 16.5. The number of aryl methyl sites for hydroxylation is 4. The molecule has 6 nitrogen and oxygen atoms in total. The Morgan fingerprint density at radius 3 is 2.58 bits per heavy atom. The monoisotopic (exact) mass is 370 g/mol. The standard InChI is InChI=1S/C19H26N6S/c1-4-15-24-16-17(13(2)14(3)23-18(16)20)25(15)11-6-5-7-12-26-19-21-9-8-10-22-19/h8-10H,4-7,11-12H2,1-3H3,(H2,20,23). The minimum atomic E-state index is 0.538. The molecule has 0 aliphatic heterocycles. The van der Waals surface area contributed by atoms with Crippen molar-refractivity contribution in [1.82, 2.24) is 24.5 Å². The van der Waals surface area contributed by atoms with Crippen LogP contribution in [0.1, 0.15) is 43.3 Å². The molecule has 0 atom stereocenters. The summed E-state index contributed by atoms with van der Waals surface area (Å²) < 4.78 is 2.34. The molecule has 0 bridgehead atoms. The highest BCUT2D eigenvalue weighted by molar-refractivity contribution is 7.99. The maximum atomic E-state index is 6.11. The summed E-state index contributed by atoms with van der Waals surface area (Å²) in [7, 11) is 0. The maximum Gasteiger partial charge on any atom is 0.187 e. The van der Waals surface area contributed by atoms with E-state index in [-0.39, 0.29) is 0 Å². The third-order valence-corrected chi connectivity index (χ3v) is 5.55. The molecule has 3 heterocycles. The first-order chi connectivity index (χ1) is 12.6. The second kappa shape index (κ2) is 8.49. The van der Waals surface area contributed by atoms with Gasteiger partial charge in [-0.2, -0.15) is 0 Å². The summed E-state index contributed by atoms with van der Waals surface area (Å²) in [5, 5.41) is 0.857. The molecule has 138 valence electrons. The minimum Gasteiger partial charge on any atom is -0.382 e. The average Bonchev–Trinajstić information content (AvgIpc) is 3.03. The number of nitrogens with two attached hydrogens (primary N) is 1. The normalized spacial score (nSPS) is 11.3. The van der Waals surface area contributed by atoms with Gasteiger partial charge in [0, 0.05) is 36.8 Å². The van der Waals surface area contributed by atoms with E-state index in [2.05, 4.69) is 33.4 Å². The molecular weight excluding hydrogens is 344 g/mol. The minimum absolute atomic E-state index is 0.538. The van der Waals surface area contributed by atoms with E-state index in [0.717, 1.165) is 59.3 Å².